The van der Waals surface area contributed by atoms with Crippen LogP contribution >= 0.6 is 0 Å². The zero-order chi connectivity index (χ0) is 12.1. The Morgan fingerprint density at radius 1 is 1.41 bits per heavy atom. The normalized spacial score (nSPS) is 15.5. The smallest absolute Gasteiger partial charge is 0.277 e. The van der Waals surface area contributed by atoms with Crippen LogP contribution < -0.4 is 0 Å². The molecule has 0 spiro atoms. The molecule has 1 N–H and O–H groups in total. The third-order valence-corrected chi connectivity index (χ3v) is 2.10. The highest BCUT2D eigenvalue weighted by atomic mass is 16.7. The predicted molar refractivity (Wildman–Crippen MR) is 60.0 cm³/mol. The zero-order valence-electron chi connectivity index (χ0n) is 8.87. The first kappa shape index (κ1) is 11.1. The number of aliphatic imine (C=N–C) groups is 1. The molecule has 0 unspecified atom stereocenters. The summed E-state index contributed by atoms with van der Waals surface area (Å²) >= 11 is 0. The molecular formula is C11H10N2O4. The number of amides is 1. The summed E-state index contributed by atoms with van der Waals surface area (Å²) < 4.78 is 5.23. The van der Waals surface area contributed by atoms with E-state index in [9.17, 15) is 9.90 Å². The van der Waals surface area contributed by atoms with Gasteiger partial charge in [-0.15, -0.1) is 0 Å². The quantitative estimate of drug-likeness (QED) is 0.616. The van der Waals surface area contributed by atoms with Gasteiger partial charge in [-0.2, -0.15) is 0 Å². The first-order chi connectivity index (χ1) is 8.33. The summed E-state index contributed by atoms with van der Waals surface area (Å²) in [4.78, 5) is 19.0. The van der Waals surface area contributed by atoms with Gasteiger partial charge in [0.1, 0.15) is 18.1 Å². The molecule has 1 aliphatic rings. The molecule has 0 saturated heterocycles. The van der Waals surface area contributed by atoms with E-state index in [0.717, 1.165) is 0 Å². The third kappa shape index (κ3) is 2.41. The van der Waals surface area contributed by atoms with Crippen molar-refractivity contribution in [2.75, 3.05) is 13.2 Å². The number of ether oxygens (including phenoxy) is 1. The van der Waals surface area contributed by atoms with E-state index in [1.54, 1.807) is 18.2 Å². The van der Waals surface area contributed by atoms with E-state index in [-0.39, 0.29) is 17.4 Å². The minimum Gasteiger partial charge on any atom is -0.507 e. The van der Waals surface area contributed by atoms with E-state index < -0.39 is 0 Å². The number of aromatic hydroxyl groups is 1. The van der Waals surface area contributed by atoms with Gasteiger partial charge < -0.3 is 14.7 Å². The molecule has 88 valence electrons. The number of benzene rings is 1. The van der Waals surface area contributed by atoms with Crippen molar-refractivity contribution in [2.24, 2.45) is 10.1 Å². The van der Waals surface area contributed by atoms with Crippen LogP contribution in [-0.2, 0) is 14.4 Å². The third-order valence-electron chi connectivity index (χ3n) is 2.10. The summed E-state index contributed by atoms with van der Waals surface area (Å²) in [5, 5.41) is 13.3. The van der Waals surface area contributed by atoms with Crippen LogP contribution in [0, 0.1) is 0 Å². The van der Waals surface area contributed by atoms with E-state index in [2.05, 4.69) is 10.1 Å². The Bertz CT molecular complexity index is 482. The molecule has 1 amide bonds. The maximum Gasteiger partial charge on any atom is 0.277 e. The van der Waals surface area contributed by atoms with Crippen molar-refractivity contribution < 1.29 is 19.5 Å². The monoisotopic (exact) mass is 234 g/mol. The highest BCUT2D eigenvalue weighted by Crippen LogP contribution is 2.18. The number of phenols is 1. The second-order valence-corrected chi connectivity index (χ2v) is 3.18. The highest BCUT2D eigenvalue weighted by molar-refractivity contribution is 6.46. The minimum absolute atomic E-state index is 0.00928. The van der Waals surface area contributed by atoms with Crippen LogP contribution in [0.2, 0.25) is 0 Å². The van der Waals surface area contributed by atoms with Gasteiger partial charge in [-0.25, -0.2) is 4.99 Å². The Hall–Kier alpha value is -2.37. The van der Waals surface area contributed by atoms with Crippen LogP contribution in [0.1, 0.15) is 5.56 Å². The standard InChI is InChI=1S/C11H10N2O4/c14-7-12-10(11-13-17-6-5-16-11)8-3-1-2-4-9(8)15/h1-4,7,15H,5-6H2. The molecule has 17 heavy (non-hydrogen) atoms. The van der Waals surface area contributed by atoms with Gasteiger partial charge in [-0.3, -0.25) is 4.79 Å². The molecular weight excluding hydrogens is 224 g/mol. The number of hydrogen-bond donors (Lipinski definition) is 1. The second kappa shape index (κ2) is 5.11. The van der Waals surface area contributed by atoms with Gasteiger partial charge in [0.05, 0.1) is 0 Å². The number of carbonyl (C=O) groups excluding carboxylic acids is 1. The van der Waals surface area contributed by atoms with Gasteiger partial charge >= 0.3 is 0 Å². The van der Waals surface area contributed by atoms with E-state index in [0.29, 0.717) is 25.2 Å². The Morgan fingerprint density at radius 3 is 2.88 bits per heavy atom. The van der Waals surface area contributed by atoms with Crippen LogP contribution in [0.3, 0.4) is 0 Å². The van der Waals surface area contributed by atoms with Crippen LogP contribution in [0.25, 0.3) is 0 Å². The Balaban J connectivity index is 2.43. The molecule has 1 aromatic carbocycles. The largest absolute Gasteiger partial charge is 0.507 e. The predicted octanol–water partition coefficient (Wildman–Crippen LogP) is 0.698. The van der Waals surface area contributed by atoms with Crippen LogP contribution in [0.15, 0.2) is 34.4 Å². The van der Waals surface area contributed by atoms with Crippen LogP contribution in [0.5, 0.6) is 5.75 Å². The van der Waals surface area contributed by atoms with Crippen molar-refractivity contribution >= 4 is 18.0 Å². The molecule has 2 rings (SSSR count). The molecule has 1 heterocycles. The molecule has 0 fully saturated rings. The summed E-state index contributed by atoms with van der Waals surface area (Å²) in [6.07, 6.45) is 0.363. The number of oxime groups is 1. The number of para-hydroxylation sites is 1. The summed E-state index contributed by atoms with van der Waals surface area (Å²) in [7, 11) is 0. The average Bonchev–Trinajstić information content (AvgIpc) is 2.38. The Morgan fingerprint density at radius 2 is 2.24 bits per heavy atom. The molecule has 6 heteroatoms. The SMILES string of the molecule is O=CN=C(C1=NOCCO1)c1ccccc1O. The van der Waals surface area contributed by atoms with Crippen LogP contribution in [0.4, 0.5) is 0 Å². The Kier molecular flexibility index (Phi) is 3.34. The molecule has 0 saturated carbocycles. The van der Waals surface area contributed by atoms with Gasteiger partial charge in [-0.05, 0) is 17.3 Å². The summed E-state index contributed by atoms with van der Waals surface area (Å²) in [6, 6.07) is 6.47. The lowest BCUT2D eigenvalue weighted by atomic mass is 10.1. The fourth-order valence-corrected chi connectivity index (χ4v) is 1.38. The summed E-state index contributed by atoms with van der Waals surface area (Å²) in [5.74, 6) is 0.0785. The summed E-state index contributed by atoms with van der Waals surface area (Å²) in [6.45, 7) is 0.670. The van der Waals surface area contributed by atoms with E-state index in [1.165, 1.54) is 6.07 Å². The number of rotatable bonds is 3. The van der Waals surface area contributed by atoms with Gasteiger partial charge in [0, 0.05) is 5.56 Å². The zero-order valence-corrected chi connectivity index (χ0v) is 8.87. The molecule has 0 aliphatic carbocycles. The molecule has 0 aromatic heterocycles. The molecule has 0 bridgehead atoms. The maximum absolute atomic E-state index is 10.5. The summed E-state index contributed by atoms with van der Waals surface area (Å²) in [5.41, 5.74) is 0.515. The van der Waals surface area contributed by atoms with Crippen molar-refractivity contribution in [1.29, 1.82) is 0 Å². The number of hydrogen-bond acceptors (Lipinski definition) is 5. The van der Waals surface area contributed by atoms with Crippen molar-refractivity contribution in [3.63, 3.8) is 0 Å². The van der Waals surface area contributed by atoms with Gasteiger partial charge in [-0.1, -0.05) is 12.1 Å². The average molecular weight is 234 g/mol. The molecule has 0 radical (unpaired) electrons. The fourth-order valence-electron chi connectivity index (χ4n) is 1.38. The second-order valence-electron chi connectivity index (χ2n) is 3.18. The van der Waals surface area contributed by atoms with Crippen molar-refractivity contribution in [1.82, 2.24) is 0 Å². The number of phenolic OH excluding ortho intramolecular Hbond substituents is 1. The van der Waals surface area contributed by atoms with Crippen molar-refractivity contribution in [2.45, 2.75) is 0 Å². The van der Waals surface area contributed by atoms with Crippen molar-refractivity contribution in [3.05, 3.63) is 29.8 Å². The van der Waals surface area contributed by atoms with E-state index in [1.807, 2.05) is 0 Å². The van der Waals surface area contributed by atoms with E-state index >= 15 is 0 Å². The van der Waals surface area contributed by atoms with Crippen molar-refractivity contribution in [3.8, 4) is 5.75 Å². The van der Waals surface area contributed by atoms with Gasteiger partial charge in [0.15, 0.2) is 6.61 Å². The lowest BCUT2D eigenvalue weighted by Gasteiger charge is -2.15. The molecule has 1 aliphatic heterocycles. The first-order valence-corrected chi connectivity index (χ1v) is 4.96. The minimum atomic E-state index is -0.00928. The lowest BCUT2D eigenvalue weighted by molar-refractivity contribution is -0.106. The molecule has 6 nitrogen and oxygen atoms in total. The topological polar surface area (TPSA) is 80.5 Å². The van der Waals surface area contributed by atoms with Gasteiger partial charge in [0.2, 0.25) is 6.41 Å². The first-order valence-electron chi connectivity index (χ1n) is 4.96. The fraction of sp³-hybridized carbons (Fsp3) is 0.182. The maximum atomic E-state index is 10.5. The van der Waals surface area contributed by atoms with Gasteiger partial charge in [0.25, 0.3) is 5.90 Å². The number of nitrogens with zero attached hydrogens (tertiary/aromatic N) is 2. The highest BCUT2D eigenvalue weighted by Gasteiger charge is 2.19. The van der Waals surface area contributed by atoms with E-state index in [4.69, 9.17) is 9.57 Å². The number of carbonyl (C=O) groups is 1. The van der Waals surface area contributed by atoms with Crippen LogP contribution in [-0.4, -0.2) is 36.3 Å². The Labute approximate surface area is 97.2 Å². The molecule has 1 aromatic rings. The molecule has 0 atom stereocenters. The lowest BCUT2D eigenvalue weighted by Crippen LogP contribution is -2.25.